The molecule has 0 spiro atoms. The molecular formula is C22H22ClN3O3S. The number of carbonyl (C=O) groups is 1. The highest BCUT2D eigenvalue weighted by Gasteiger charge is 2.24. The molecule has 2 heterocycles. The van der Waals surface area contributed by atoms with Crippen LogP contribution in [0.25, 0.3) is 11.1 Å². The summed E-state index contributed by atoms with van der Waals surface area (Å²) in [7, 11) is -0.902. The van der Waals surface area contributed by atoms with E-state index in [-0.39, 0.29) is 22.0 Å². The van der Waals surface area contributed by atoms with E-state index in [1.165, 1.54) is 10.9 Å². The summed E-state index contributed by atoms with van der Waals surface area (Å²) in [6, 6.07) is 12.9. The van der Waals surface area contributed by atoms with E-state index in [4.69, 9.17) is 11.6 Å². The van der Waals surface area contributed by atoms with Crippen LogP contribution in [0.2, 0.25) is 5.02 Å². The van der Waals surface area contributed by atoms with Crippen LogP contribution in [0.5, 0.6) is 5.88 Å². The van der Waals surface area contributed by atoms with Crippen LogP contribution in [-0.4, -0.2) is 36.4 Å². The lowest BCUT2D eigenvalue weighted by Crippen LogP contribution is -2.16. The largest absolute Gasteiger partial charge is 0.493 e. The Balaban J connectivity index is 1.91. The highest BCUT2D eigenvalue weighted by Crippen LogP contribution is 2.41. The van der Waals surface area contributed by atoms with Crippen molar-refractivity contribution in [2.24, 2.45) is 11.4 Å². The van der Waals surface area contributed by atoms with Gasteiger partial charge in [-0.15, -0.1) is 0 Å². The smallest absolute Gasteiger partial charge is 0.220 e. The lowest BCUT2D eigenvalue weighted by Gasteiger charge is -2.18. The average molecular weight is 444 g/mol. The van der Waals surface area contributed by atoms with E-state index in [2.05, 4.69) is 9.46 Å². The van der Waals surface area contributed by atoms with Gasteiger partial charge in [0.15, 0.2) is 0 Å². The fourth-order valence-corrected chi connectivity index (χ4v) is 6.17. The number of ketones is 1. The summed E-state index contributed by atoms with van der Waals surface area (Å²) >= 11 is 6.70. The number of halogens is 1. The maximum Gasteiger partial charge on any atom is 0.220 e. The molecule has 4 rings (SSSR count). The Bertz CT molecular complexity index is 1220. The van der Waals surface area contributed by atoms with Gasteiger partial charge >= 0.3 is 0 Å². The van der Waals surface area contributed by atoms with Gasteiger partial charge in [-0.1, -0.05) is 54.4 Å². The van der Waals surface area contributed by atoms with Gasteiger partial charge < -0.3 is 5.11 Å². The molecule has 0 radical (unpaired) electrons. The zero-order valence-electron chi connectivity index (χ0n) is 16.5. The Morgan fingerprint density at radius 3 is 2.43 bits per heavy atom. The van der Waals surface area contributed by atoms with Crippen LogP contribution in [0.15, 0.2) is 53.0 Å². The van der Waals surface area contributed by atoms with Crippen LogP contribution in [0.4, 0.5) is 5.69 Å². The molecule has 1 aliphatic heterocycles. The first-order chi connectivity index (χ1) is 14.4. The van der Waals surface area contributed by atoms with Gasteiger partial charge in [0.2, 0.25) is 11.7 Å². The Kier molecular flexibility index (Phi) is 5.66. The fraction of sp³-hybridized carbons (Fsp3) is 0.273. The maximum atomic E-state index is 13.4. The molecule has 1 aromatic heterocycles. The minimum Gasteiger partial charge on any atom is -0.493 e. The quantitative estimate of drug-likeness (QED) is 0.577. The molecule has 1 N–H and O–H groups in total. The van der Waals surface area contributed by atoms with Gasteiger partial charge in [0.05, 0.1) is 20.9 Å². The van der Waals surface area contributed by atoms with E-state index in [0.29, 0.717) is 17.2 Å². The predicted octanol–water partition coefficient (Wildman–Crippen LogP) is 4.96. The average Bonchev–Trinajstić information content (AvgIpc) is 3.08. The number of aryl methyl sites for hydroxylation is 1. The zero-order valence-corrected chi connectivity index (χ0v) is 18.1. The van der Waals surface area contributed by atoms with Crippen molar-refractivity contribution in [1.29, 1.82) is 0 Å². The molecule has 3 aromatic rings. The number of hydrogen-bond acceptors (Lipinski definition) is 5. The second kappa shape index (κ2) is 8.24. The van der Waals surface area contributed by atoms with Crippen molar-refractivity contribution in [2.75, 3.05) is 11.5 Å². The molecular weight excluding hydrogens is 422 g/mol. The normalized spacial score (nSPS) is 15.7. The van der Waals surface area contributed by atoms with Crippen molar-refractivity contribution in [1.82, 2.24) is 9.78 Å². The number of benzene rings is 2. The lowest BCUT2D eigenvalue weighted by atomic mass is 9.98. The van der Waals surface area contributed by atoms with Gasteiger partial charge in [-0.2, -0.15) is 9.46 Å². The number of hydrogen-bond donors (Lipinski definition) is 1. The summed E-state index contributed by atoms with van der Waals surface area (Å²) in [5.74, 6) is 0.360. The van der Waals surface area contributed by atoms with Gasteiger partial charge in [0.25, 0.3) is 0 Å². The van der Waals surface area contributed by atoms with E-state index >= 15 is 0 Å². The number of aromatic hydroxyl groups is 1. The topological polar surface area (TPSA) is 84.5 Å². The Labute approximate surface area is 180 Å². The van der Waals surface area contributed by atoms with Gasteiger partial charge in [0, 0.05) is 29.7 Å². The summed E-state index contributed by atoms with van der Waals surface area (Å²) < 4.78 is 19.2. The van der Waals surface area contributed by atoms with Crippen molar-refractivity contribution in [3.05, 3.63) is 64.8 Å². The minimum atomic E-state index is -2.44. The summed E-state index contributed by atoms with van der Waals surface area (Å²) in [5, 5.41) is 14.2. The molecule has 30 heavy (non-hydrogen) atoms. The van der Waals surface area contributed by atoms with E-state index in [1.807, 2.05) is 30.3 Å². The number of carbonyl (C=O) groups excluding carboxylic acids is 1. The lowest BCUT2D eigenvalue weighted by molar-refractivity contribution is 0.103. The van der Waals surface area contributed by atoms with Crippen LogP contribution >= 0.6 is 11.6 Å². The van der Waals surface area contributed by atoms with Crippen molar-refractivity contribution < 1.29 is 14.1 Å². The Morgan fingerprint density at radius 1 is 1.10 bits per heavy atom. The van der Waals surface area contributed by atoms with E-state index < -0.39 is 15.5 Å². The molecule has 0 bridgehead atoms. The van der Waals surface area contributed by atoms with Crippen molar-refractivity contribution in [2.45, 2.75) is 19.3 Å². The Morgan fingerprint density at radius 2 is 1.80 bits per heavy atom. The van der Waals surface area contributed by atoms with Gasteiger partial charge in [-0.3, -0.25) is 4.79 Å². The Hall–Kier alpha value is -2.64. The van der Waals surface area contributed by atoms with Crippen LogP contribution in [0.1, 0.15) is 35.2 Å². The van der Waals surface area contributed by atoms with E-state index in [1.54, 1.807) is 19.2 Å². The van der Waals surface area contributed by atoms with Gasteiger partial charge in [0.1, 0.15) is 11.3 Å². The predicted molar refractivity (Wildman–Crippen MR) is 119 cm³/mol. The molecule has 156 valence electrons. The first kappa shape index (κ1) is 20.6. The standard InChI is InChI=1S/C22H22ClN3O3S/c1-26-22(28)18(14-24-26)21(27)17-11-10-16(15-8-4-2-5-9-15)20(19(17)23)25-30(29)12-6-3-7-13-30/h2,4-5,8-11,14,28H,3,6-7,12-13H2,1H3. The summed E-state index contributed by atoms with van der Waals surface area (Å²) in [6.07, 6.45) is 4.08. The molecule has 1 saturated heterocycles. The summed E-state index contributed by atoms with van der Waals surface area (Å²) in [4.78, 5) is 13.1. The van der Waals surface area contributed by atoms with Crippen LogP contribution in [0.3, 0.4) is 0 Å². The molecule has 2 aromatic carbocycles. The minimum absolute atomic E-state index is 0.0552. The first-order valence-corrected chi connectivity index (χ1v) is 12.0. The molecule has 1 fully saturated rings. The molecule has 0 saturated carbocycles. The van der Waals surface area contributed by atoms with Crippen molar-refractivity contribution in [3.63, 3.8) is 0 Å². The number of nitrogens with zero attached hydrogens (tertiary/aromatic N) is 3. The summed E-state index contributed by atoms with van der Waals surface area (Å²) in [5.41, 5.74) is 2.21. The van der Waals surface area contributed by atoms with Crippen LogP contribution in [0, 0.1) is 0 Å². The molecule has 6 nitrogen and oxygen atoms in total. The fourth-order valence-electron chi connectivity index (χ4n) is 3.61. The van der Waals surface area contributed by atoms with Gasteiger partial charge in [-0.25, -0.2) is 8.89 Å². The van der Waals surface area contributed by atoms with Gasteiger partial charge in [-0.05, 0) is 24.5 Å². The molecule has 0 unspecified atom stereocenters. The molecule has 8 heteroatoms. The number of rotatable bonds is 4. The van der Waals surface area contributed by atoms with Crippen LogP contribution < -0.4 is 0 Å². The third kappa shape index (κ3) is 3.87. The summed E-state index contributed by atoms with van der Waals surface area (Å²) in [6.45, 7) is 0. The van der Waals surface area contributed by atoms with Crippen molar-refractivity contribution in [3.8, 4) is 17.0 Å². The van der Waals surface area contributed by atoms with Crippen molar-refractivity contribution >= 4 is 32.8 Å². The second-order valence-corrected chi connectivity index (χ2v) is 10.3. The number of aromatic nitrogens is 2. The third-order valence-electron chi connectivity index (χ3n) is 5.28. The third-order valence-corrected chi connectivity index (χ3v) is 8.03. The molecule has 0 atom stereocenters. The molecule has 0 amide bonds. The van der Waals surface area contributed by atoms with E-state index in [9.17, 15) is 14.1 Å². The SMILES string of the molecule is Cn1ncc(C(=O)c2ccc(-c3ccccc3)c(N=S3(=O)CCCCC3)c2Cl)c1O. The second-order valence-electron chi connectivity index (χ2n) is 7.36. The molecule has 1 aliphatic rings. The highest BCUT2D eigenvalue weighted by molar-refractivity contribution is 7.93. The maximum absolute atomic E-state index is 13.4. The molecule has 0 aliphatic carbocycles. The zero-order chi connectivity index (χ0) is 21.3. The van der Waals surface area contributed by atoms with Crippen LogP contribution in [-0.2, 0) is 16.8 Å². The highest BCUT2D eigenvalue weighted by atomic mass is 35.5. The first-order valence-electron chi connectivity index (χ1n) is 9.76. The van der Waals surface area contributed by atoms with E-state index in [0.717, 1.165) is 30.4 Å². The monoisotopic (exact) mass is 443 g/mol.